The highest BCUT2D eigenvalue weighted by atomic mass is 79.9. The fourth-order valence-corrected chi connectivity index (χ4v) is 4.40. The quantitative estimate of drug-likeness (QED) is 0.423. The van der Waals surface area contributed by atoms with E-state index in [0.717, 1.165) is 20.1 Å². The minimum atomic E-state index is -1.31. The number of halogens is 3. The molecule has 8 heteroatoms. The Balaban J connectivity index is 1.56. The molecule has 1 fully saturated rings. The molecule has 0 saturated carbocycles. The molecule has 164 valence electrons. The molecule has 0 aliphatic carbocycles. The highest BCUT2D eigenvalue weighted by Gasteiger charge is 2.46. The first-order chi connectivity index (χ1) is 15.5. The van der Waals surface area contributed by atoms with Gasteiger partial charge >= 0.3 is 5.79 Å². The monoisotopic (exact) mass is 561 g/mol. The van der Waals surface area contributed by atoms with Crippen LogP contribution in [-0.2, 0) is 10.5 Å². The second kappa shape index (κ2) is 8.50. The number of ether oxygens (including phenoxy) is 3. The smallest absolute Gasteiger partial charge is 0.305 e. The third-order valence-electron chi connectivity index (χ3n) is 5.52. The van der Waals surface area contributed by atoms with Gasteiger partial charge in [0.2, 0.25) is 0 Å². The van der Waals surface area contributed by atoms with E-state index in [4.69, 9.17) is 14.2 Å². The van der Waals surface area contributed by atoms with Crippen molar-refractivity contribution in [2.75, 3.05) is 26.3 Å². The van der Waals surface area contributed by atoms with Crippen LogP contribution in [-0.4, -0.2) is 37.1 Å². The number of carbonyl (C=O) groups is 1. The average molecular weight is 563 g/mol. The van der Waals surface area contributed by atoms with Crippen molar-refractivity contribution in [3.63, 3.8) is 0 Å². The summed E-state index contributed by atoms with van der Waals surface area (Å²) in [6, 6.07) is 17.7. The molecule has 2 heterocycles. The number of amides is 1. The number of hydrogen-bond acceptors (Lipinski definition) is 4. The number of morpholine rings is 1. The zero-order valence-corrected chi connectivity index (χ0v) is 20.0. The van der Waals surface area contributed by atoms with Crippen molar-refractivity contribution in [2.24, 2.45) is 0 Å². The normalized spacial score (nSPS) is 16.8. The molecule has 0 bridgehead atoms. The third kappa shape index (κ3) is 3.80. The molecule has 3 aromatic carbocycles. The lowest BCUT2D eigenvalue weighted by molar-refractivity contribution is -0.0459. The molecular weight excluding hydrogens is 545 g/mol. The van der Waals surface area contributed by atoms with Crippen LogP contribution in [0, 0.1) is 5.82 Å². The molecule has 2 aliphatic rings. The number of fused-ring (bicyclic) bond motifs is 1. The average Bonchev–Trinajstić information content (AvgIpc) is 3.19. The molecule has 0 atom stereocenters. The molecular formula is C24H18Br2FNO4. The van der Waals surface area contributed by atoms with Crippen LogP contribution in [0.25, 0.3) is 0 Å². The summed E-state index contributed by atoms with van der Waals surface area (Å²) >= 11 is 6.90. The number of nitrogens with zero attached hydrogens (tertiary/aromatic N) is 1. The molecule has 0 aromatic heterocycles. The lowest BCUT2D eigenvalue weighted by Gasteiger charge is -2.28. The number of carbonyl (C=O) groups excluding carboxylic acids is 1. The van der Waals surface area contributed by atoms with Crippen LogP contribution in [0.4, 0.5) is 4.39 Å². The topological polar surface area (TPSA) is 48.0 Å². The van der Waals surface area contributed by atoms with Crippen LogP contribution in [0.1, 0.15) is 21.5 Å². The Morgan fingerprint density at radius 1 is 0.844 bits per heavy atom. The van der Waals surface area contributed by atoms with E-state index in [1.54, 1.807) is 4.90 Å². The Hall–Kier alpha value is -2.42. The summed E-state index contributed by atoms with van der Waals surface area (Å²) in [5.74, 6) is -1.79. The molecule has 0 unspecified atom stereocenters. The molecule has 2 aliphatic heterocycles. The maximum absolute atomic E-state index is 15.0. The van der Waals surface area contributed by atoms with Crippen LogP contribution in [0.5, 0.6) is 11.5 Å². The van der Waals surface area contributed by atoms with E-state index < -0.39 is 11.6 Å². The summed E-state index contributed by atoms with van der Waals surface area (Å²) < 4.78 is 34.7. The number of hydrogen-bond donors (Lipinski definition) is 0. The maximum Gasteiger partial charge on any atom is 0.305 e. The van der Waals surface area contributed by atoms with Gasteiger partial charge in [-0.15, -0.1) is 0 Å². The van der Waals surface area contributed by atoms with Crippen molar-refractivity contribution in [3.8, 4) is 11.5 Å². The van der Waals surface area contributed by atoms with Crippen molar-refractivity contribution < 1.29 is 23.4 Å². The van der Waals surface area contributed by atoms with Crippen molar-refractivity contribution in [2.45, 2.75) is 5.79 Å². The standard InChI is InChI=1S/C24H18Br2FNO4/c25-17-5-1-15(2-6-17)24(16-3-7-18(26)8-4-16)31-21-13-19(20(27)14-22(21)32-24)23(29)28-9-11-30-12-10-28/h1-8,13-14H,9-12H2. The van der Waals surface area contributed by atoms with E-state index in [2.05, 4.69) is 31.9 Å². The summed E-state index contributed by atoms with van der Waals surface area (Å²) in [5, 5.41) is 0. The molecule has 0 spiro atoms. The minimum absolute atomic E-state index is 0.0448. The van der Waals surface area contributed by atoms with Gasteiger partial charge < -0.3 is 19.1 Å². The first-order valence-electron chi connectivity index (χ1n) is 10.1. The third-order valence-corrected chi connectivity index (χ3v) is 6.58. The van der Waals surface area contributed by atoms with Gasteiger partial charge in [0.1, 0.15) is 5.82 Å². The highest BCUT2D eigenvalue weighted by molar-refractivity contribution is 9.10. The lowest BCUT2D eigenvalue weighted by atomic mass is 9.97. The SMILES string of the molecule is O=C(c1cc2c(cc1F)OC(c1ccc(Br)cc1)(c1ccc(Br)cc1)O2)N1CCOCC1. The molecule has 5 rings (SSSR count). The Bertz CT molecular complexity index is 1120. The Labute approximate surface area is 201 Å². The second-order valence-corrected chi connectivity index (χ2v) is 9.35. The van der Waals surface area contributed by atoms with Crippen LogP contribution in [0.2, 0.25) is 0 Å². The summed E-state index contributed by atoms with van der Waals surface area (Å²) in [6.45, 7) is 1.73. The van der Waals surface area contributed by atoms with Crippen LogP contribution in [0.3, 0.4) is 0 Å². The predicted molar refractivity (Wildman–Crippen MR) is 123 cm³/mol. The molecule has 32 heavy (non-hydrogen) atoms. The van der Waals surface area contributed by atoms with E-state index in [-0.39, 0.29) is 17.2 Å². The Morgan fingerprint density at radius 2 is 1.34 bits per heavy atom. The molecule has 1 saturated heterocycles. The van der Waals surface area contributed by atoms with E-state index in [9.17, 15) is 9.18 Å². The van der Waals surface area contributed by atoms with Crippen molar-refractivity contribution in [1.82, 2.24) is 4.90 Å². The van der Waals surface area contributed by atoms with Gasteiger partial charge in [0.05, 0.1) is 18.8 Å². The minimum Gasteiger partial charge on any atom is -0.440 e. The summed E-state index contributed by atoms with van der Waals surface area (Å²) in [4.78, 5) is 14.5. The second-order valence-electron chi connectivity index (χ2n) is 7.52. The fraction of sp³-hybridized carbons (Fsp3) is 0.208. The predicted octanol–water partition coefficient (Wildman–Crippen LogP) is 5.50. The Morgan fingerprint density at radius 3 is 1.88 bits per heavy atom. The maximum atomic E-state index is 15.0. The van der Waals surface area contributed by atoms with Gasteiger partial charge in [-0.1, -0.05) is 31.9 Å². The molecule has 1 amide bonds. The fourth-order valence-electron chi connectivity index (χ4n) is 3.87. The van der Waals surface area contributed by atoms with E-state index in [0.29, 0.717) is 32.1 Å². The van der Waals surface area contributed by atoms with Gasteiger partial charge in [0.25, 0.3) is 5.91 Å². The molecule has 0 radical (unpaired) electrons. The van der Waals surface area contributed by atoms with E-state index in [1.807, 2.05) is 48.5 Å². The summed E-state index contributed by atoms with van der Waals surface area (Å²) in [5.41, 5.74) is 1.43. The lowest BCUT2D eigenvalue weighted by Crippen LogP contribution is -2.41. The first-order valence-corrected chi connectivity index (χ1v) is 11.7. The van der Waals surface area contributed by atoms with Gasteiger partial charge in [-0.3, -0.25) is 4.79 Å². The van der Waals surface area contributed by atoms with Gasteiger partial charge in [0, 0.05) is 39.2 Å². The van der Waals surface area contributed by atoms with Crippen LogP contribution < -0.4 is 9.47 Å². The first kappa shape index (κ1) is 21.4. The molecule has 0 N–H and O–H groups in total. The van der Waals surface area contributed by atoms with Gasteiger partial charge in [0.15, 0.2) is 11.5 Å². The number of benzene rings is 3. The summed E-state index contributed by atoms with van der Waals surface area (Å²) in [6.07, 6.45) is 0. The largest absolute Gasteiger partial charge is 0.440 e. The van der Waals surface area contributed by atoms with E-state index in [1.165, 1.54) is 12.1 Å². The van der Waals surface area contributed by atoms with Gasteiger partial charge in [-0.25, -0.2) is 4.39 Å². The van der Waals surface area contributed by atoms with Crippen molar-refractivity contribution >= 4 is 37.8 Å². The van der Waals surface area contributed by atoms with Crippen LogP contribution >= 0.6 is 31.9 Å². The van der Waals surface area contributed by atoms with Gasteiger partial charge in [-0.2, -0.15) is 0 Å². The Kier molecular flexibility index (Phi) is 5.69. The van der Waals surface area contributed by atoms with Gasteiger partial charge in [-0.05, 0) is 54.6 Å². The van der Waals surface area contributed by atoms with Crippen molar-refractivity contribution in [3.05, 3.63) is 92.1 Å². The zero-order valence-electron chi connectivity index (χ0n) is 16.8. The molecule has 3 aromatic rings. The van der Waals surface area contributed by atoms with E-state index >= 15 is 0 Å². The molecule has 5 nitrogen and oxygen atoms in total. The highest BCUT2D eigenvalue weighted by Crippen LogP contribution is 2.48. The number of rotatable bonds is 3. The van der Waals surface area contributed by atoms with Crippen LogP contribution in [0.15, 0.2) is 69.6 Å². The van der Waals surface area contributed by atoms with Crippen molar-refractivity contribution in [1.29, 1.82) is 0 Å². The summed E-state index contributed by atoms with van der Waals surface area (Å²) in [7, 11) is 0. The zero-order chi connectivity index (χ0) is 22.3.